The molecule has 0 aliphatic carbocycles. The molecular formula is C13H20N2O2. The summed E-state index contributed by atoms with van der Waals surface area (Å²) in [7, 11) is 5.39. The van der Waals surface area contributed by atoms with Crippen molar-refractivity contribution in [3.05, 3.63) is 23.8 Å². The normalized spacial score (nSPS) is 10.9. The molecule has 0 fully saturated rings. The van der Waals surface area contributed by atoms with E-state index in [1.165, 1.54) is 0 Å². The molecule has 4 nitrogen and oxygen atoms in total. The van der Waals surface area contributed by atoms with Crippen molar-refractivity contribution in [3.8, 4) is 11.5 Å². The summed E-state index contributed by atoms with van der Waals surface area (Å²) >= 11 is 0. The molecule has 0 spiro atoms. The molecule has 4 heteroatoms. The monoisotopic (exact) mass is 236 g/mol. The van der Waals surface area contributed by atoms with Crippen molar-refractivity contribution < 1.29 is 9.47 Å². The van der Waals surface area contributed by atoms with Gasteiger partial charge in [0.2, 0.25) is 0 Å². The quantitative estimate of drug-likeness (QED) is 0.581. The molecule has 0 aliphatic heterocycles. The fourth-order valence-corrected chi connectivity index (χ4v) is 1.30. The SMILES string of the molecule is COc1cc(/C=N/N(C)C)ccc1OC(C)C. The molecule has 0 bridgehead atoms. The molecular weight excluding hydrogens is 216 g/mol. The lowest BCUT2D eigenvalue weighted by molar-refractivity contribution is 0.230. The van der Waals surface area contributed by atoms with Gasteiger partial charge in [-0.1, -0.05) is 0 Å². The third kappa shape index (κ3) is 4.34. The smallest absolute Gasteiger partial charge is 0.161 e. The second kappa shape index (κ2) is 6.13. The number of hydrogen-bond acceptors (Lipinski definition) is 4. The van der Waals surface area contributed by atoms with Crippen molar-refractivity contribution in [3.63, 3.8) is 0 Å². The van der Waals surface area contributed by atoms with Gasteiger partial charge in [0.25, 0.3) is 0 Å². The average Bonchev–Trinajstić information content (AvgIpc) is 2.26. The Morgan fingerprint density at radius 2 is 1.94 bits per heavy atom. The number of methoxy groups -OCH3 is 1. The summed E-state index contributed by atoms with van der Waals surface area (Å²) in [4.78, 5) is 0. The van der Waals surface area contributed by atoms with Gasteiger partial charge in [-0.05, 0) is 37.6 Å². The van der Waals surface area contributed by atoms with Crippen LogP contribution in [0.5, 0.6) is 11.5 Å². The van der Waals surface area contributed by atoms with Gasteiger partial charge in [-0.15, -0.1) is 0 Å². The Kier molecular flexibility index (Phi) is 4.82. The standard InChI is InChI=1S/C13H20N2O2/c1-10(2)17-12-7-6-11(8-13(12)16-5)9-14-15(3)4/h6-10H,1-5H3/b14-9+. The van der Waals surface area contributed by atoms with E-state index in [9.17, 15) is 0 Å². The van der Waals surface area contributed by atoms with E-state index in [0.29, 0.717) is 0 Å². The lowest BCUT2D eigenvalue weighted by Gasteiger charge is -2.13. The lowest BCUT2D eigenvalue weighted by Crippen LogP contribution is -2.07. The minimum absolute atomic E-state index is 0.130. The summed E-state index contributed by atoms with van der Waals surface area (Å²) in [5, 5.41) is 5.91. The van der Waals surface area contributed by atoms with E-state index in [0.717, 1.165) is 17.1 Å². The highest BCUT2D eigenvalue weighted by Crippen LogP contribution is 2.28. The molecule has 0 amide bonds. The first-order valence-corrected chi connectivity index (χ1v) is 5.59. The van der Waals surface area contributed by atoms with Crippen LogP contribution in [0.15, 0.2) is 23.3 Å². The van der Waals surface area contributed by atoms with E-state index in [2.05, 4.69) is 5.10 Å². The minimum atomic E-state index is 0.130. The molecule has 1 aromatic rings. The zero-order valence-electron chi connectivity index (χ0n) is 11.1. The summed E-state index contributed by atoms with van der Waals surface area (Å²) in [6.45, 7) is 3.97. The van der Waals surface area contributed by atoms with E-state index < -0.39 is 0 Å². The Labute approximate surface area is 103 Å². The minimum Gasteiger partial charge on any atom is -0.493 e. The first-order chi connectivity index (χ1) is 8.02. The molecule has 0 heterocycles. The van der Waals surface area contributed by atoms with Crippen LogP contribution in [-0.4, -0.2) is 38.5 Å². The van der Waals surface area contributed by atoms with Gasteiger partial charge >= 0.3 is 0 Å². The Hall–Kier alpha value is -1.71. The summed E-state index contributed by atoms with van der Waals surface area (Å²) in [6, 6.07) is 5.76. The maximum Gasteiger partial charge on any atom is 0.161 e. The van der Waals surface area contributed by atoms with Gasteiger partial charge in [0.05, 0.1) is 19.4 Å². The van der Waals surface area contributed by atoms with Crippen molar-refractivity contribution in [2.45, 2.75) is 20.0 Å². The van der Waals surface area contributed by atoms with Gasteiger partial charge in [0.1, 0.15) is 0 Å². The maximum absolute atomic E-state index is 5.64. The Balaban J connectivity index is 2.92. The van der Waals surface area contributed by atoms with Crippen LogP contribution in [0.4, 0.5) is 0 Å². The first-order valence-electron chi connectivity index (χ1n) is 5.59. The molecule has 0 saturated carbocycles. The fourth-order valence-electron chi connectivity index (χ4n) is 1.30. The number of benzene rings is 1. The van der Waals surface area contributed by atoms with E-state index in [-0.39, 0.29) is 6.10 Å². The van der Waals surface area contributed by atoms with Crippen LogP contribution in [0.3, 0.4) is 0 Å². The highest BCUT2D eigenvalue weighted by molar-refractivity contribution is 5.80. The first kappa shape index (κ1) is 13.4. The van der Waals surface area contributed by atoms with Crippen molar-refractivity contribution >= 4 is 6.21 Å². The molecule has 0 aliphatic rings. The zero-order chi connectivity index (χ0) is 12.8. The van der Waals surface area contributed by atoms with Gasteiger partial charge in [-0.2, -0.15) is 5.10 Å². The van der Waals surface area contributed by atoms with Gasteiger partial charge in [-0.3, -0.25) is 0 Å². The van der Waals surface area contributed by atoms with Gasteiger partial charge in [0, 0.05) is 14.1 Å². The number of rotatable bonds is 5. The third-order valence-corrected chi connectivity index (χ3v) is 1.99. The van der Waals surface area contributed by atoms with Gasteiger partial charge in [0.15, 0.2) is 11.5 Å². The Morgan fingerprint density at radius 1 is 1.24 bits per heavy atom. The molecule has 0 atom stereocenters. The van der Waals surface area contributed by atoms with E-state index in [1.807, 2.05) is 46.1 Å². The van der Waals surface area contributed by atoms with E-state index in [1.54, 1.807) is 18.3 Å². The van der Waals surface area contributed by atoms with Crippen LogP contribution in [-0.2, 0) is 0 Å². The molecule has 94 valence electrons. The van der Waals surface area contributed by atoms with E-state index in [4.69, 9.17) is 9.47 Å². The predicted octanol–water partition coefficient (Wildman–Crippen LogP) is 2.38. The molecule has 0 N–H and O–H groups in total. The molecule has 17 heavy (non-hydrogen) atoms. The van der Waals surface area contributed by atoms with Crippen LogP contribution in [0, 0.1) is 0 Å². The highest BCUT2D eigenvalue weighted by Gasteiger charge is 2.06. The molecule has 0 saturated heterocycles. The van der Waals surface area contributed by atoms with E-state index >= 15 is 0 Å². The fraction of sp³-hybridized carbons (Fsp3) is 0.462. The van der Waals surface area contributed by atoms with Crippen LogP contribution in [0.25, 0.3) is 0 Å². The number of hydrogen-bond donors (Lipinski definition) is 0. The summed E-state index contributed by atoms with van der Waals surface area (Å²) in [5.41, 5.74) is 0.978. The number of hydrazone groups is 1. The van der Waals surface area contributed by atoms with Crippen LogP contribution < -0.4 is 9.47 Å². The van der Waals surface area contributed by atoms with Gasteiger partial charge < -0.3 is 14.5 Å². The second-order valence-electron chi connectivity index (χ2n) is 4.17. The zero-order valence-corrected chi connectivity index (χ0v) is 11.1. The van der Waals surface area contributed by atoms with Gasteiger partial charge in [-0.25, -0.2) is 0 Å². The predicted molar refractivity (Wildman–Crippen MR) is 70.0 cm³/mol. The van der Waals surface area contributed by atoms with Crippen molar-refractivity contribution in [1.29, 1.82) is 0 Å². The topological polar surface area (TPSA) is 34.1 Å². The average molecular weight is 236 g/mol. The lowest BCUT2D eigenvalue weighted by atomic mass is 10.2. The summed E-state index contributed by atoms with van der Waals surface area (Å²) in [6.07, 6.45) is 1.91. The second-order valence-corrected chi connectivity index (χ2v) is 4.17. The number of nitrogens with zero attached hydrogens (tertiary/aromatic N) is 2. The molecule has 0 aromatic heterocycles. The highest BCUT2D eigenvalue weighted by atomic mass is 16.5. The Bertz CT molecular complexity index is 387. The summed E-state index contributed by atoms with van der Waals surface area (Å²) in [5.74, 6) is 1.48. The summed E-state index contributed by atoms with van der Waals surface area (Å²) < 4.78 is 10.9. The largest absolute Gasteiger partial charge is 0.493 e. The van der Waals surface area contributed by atoms with Crippen molar-refractivity contribution in [2.24, 2.45) is 5.10 Å². The van der Waals surface area contributed by atoms with Crippen LogP contribution >= 0.6 is 0 Å². The molecule has 0 unspecified atom stereocenters. The Morgan fingerprint density at radius 3 is 2.47 bits per heavy atom. The third-order valence-electron chi connectivity index (χ3n) is 1.99. The number of ether oxygens (including phenoxy) is 2. The van der Waals surface area contributed by atoms with Crippen LogP contribution in [0.2, 0.25) is 0 Å². The maximum atomic E-state index is 5.64. The molecule has 1 aromatic carbocycles. The molecule has 0 radical (unpaired) electrons. The van der Waals surface area contributed by atoms with Crippen molar-refractivity contribution in [1.82, 2.24) is 5.01 Å². The van der Waals surface area contributed by atoms with Crippen LogP contribution in [0.1, 0.15) is 19.4 Å². The molecule has 1 rings (SSSR count). The van der Waals surface area contributed by atoms with Crippen molar-refractivity contribution in [2.75, 3.05) is 21.2 Å².